The van der Waals surface area contributed by atoms with E-state index in [-0.39, 0.29) is 5.91 Å². The van der Waals surface area contributed by atoms with Gasteiger partial charge in [-0.1, -0.05) is 12.1 Å². The summed E-state index contributed by atoms with van der Waals surface area (Å²) < 4.78 is 11.5. The summed E-state index contributed by atoms with van der Waals surface area (Å²) in [6, 6.07) is 14.0. The second kappa shape index (κ2) is 8.81. The lowest BCUT2D eigenvalue weighted by atomic mass is 10.0. The number of aryl methyl sites for hydroxylation is 2. The molecule has 0 radical (unpaired) electrons. The Hall–Kier alpha value is -2.14. The second-order valence-electron chi connectivity index (χ2n) is 5.99. The predicted molar refractivity (Wildman–Crippen MR) is 103 cm³/mol. The van der Waals surface area contributed by atoms with Gasteiger partial charge < -0.3 is 14.8 Å². The number of rotatable bonds is 8. The van der Waals surface area contributed by atoms with Gasteiger partial charge in [-0.2, -0.15) is 11.8 Å². The normalized spacial score (nSPS) is 13.1. The van der Waals surface area contributed by atoms with Gasteiger partial charge in [-0.3, -0.25) is 4.79 Å². The van der Waals surface area contributed by atoms with Gasteiger partial charge in [0.15, 0.2) is 0 Å². The molecule has 25 heavy (non-hydrogen) atoms. The summed E-state index contributed by atoms with van der Waals surface area (Å²) in [5, 5.41) is 2.88. The number of ether oxygens (including phenoxy) is 2. The van der Waals surface area contributed by atoms with E-state index in [1.54, 1.807) is 0 Å². The largest absolute Gasteiger partial charge is 0.493 e. The molecule has 0 atom stereocenters. The van der Waals surface area contributed by atoms with Crippen LogP contribution in [0.5, 0.6) is 11.5 Å². The fourth-order valence-corrected chi connectivity index (χ4v) is 3.30. The minimum Gasteiger partial charge on any atom is -0.493 e. The van der Waals surface area contributed by atoms with Gasteiger partial charge in [0, 0.05) is 23.6 Å². The first-order valence-electron chi connectivity index (χ1n) is 8.53. The number of hydrogen-bond donors (Lipinski definition) is 1. The third kappa shape index (κ3) is 5.43. The Morgan fingerprint density at radius 3 is 2.52 bits per heavy atom. The summed E-state index contributed by atoms with van der Waals surface area (Å²) in [7, 11) is 0. The van der Waals surface area contributed by atoms with Crippen molar-refractivity contribution in [3.63, 3.8) is 0 Å². The summed E-state index contributed by atoms with van der Waals surface area (Å²) in [4.78, 5) is 11.4. The molecular weight excluding hydrogens is 334 g/mol. The number of carbonyl (C=O) groups excluding carboxylic acids is 1. The lowest BCUT2D eigenvalue weighted by Gasteiger charge is -2.17. The van der Waals surface area contributed by atoms with Crippen molar-refractivity contribution in [1.29, 1.82) is 0 Å². The molecule has 4 nitrogen and oxygen atoms in total. The van der Waals surface area contributed by atoms with E-state index in [1.807, 2.05) is 48.2 Å². The molecule has 0 fully saturated rings. The minimum atomic E-state index is 0.0884. The Labute approximate surface area is 152 Å². The molecule has 1 aliphatic heterocycles. The van der Waals surface area contributed by atoms with Gasteiger partial charge in [-0.15, -0.1) is 0 Å². The summed E-state index contributed by atoms with van der Waals surface area (Å²) >= 11 is 1.82. The van der Waals surface area contributed by atoms with Crippen molar-refractivity contribution in [1.82, 2.24) is 0 Å². The number of thioether (sulfide) groups is 1. The van der Waals surface area contributed by atoms with E-state index in [9.17, 15) is 4.79 Å². The standard InChI is InChI=1S/C20H23NO3S/c1-15-3-2-4-17(13-15)23-9-11-25-12-10-24-18-6-7-19-16(14-18)5-8-20(22)21-19/h2-4,6-7,13-14H,5,8-12H2,1H3,(H,21,22). The molecular formula is C20H23NO3S. The van der Waals surface area contributed by atoms with Gasteiger partial charge in [0.25, 0.3) is 0 Å². The molecule has 5 heteroatoms. The van der Waals surface area contributed by atoms with Crippen LogP contribution in [-0.4, -0.2) is 30.6 Å². The average molecular weight is 357 g/mol. The highest BCUT2D eigenvalue weighted by atomic mass is 32.2. The molecule has 2 aromatic carbocycles. The van der Waals surface area contributed by atoms with Crippen LogP contribution in [0.2, 0.25) is 0 Å². The number of nitrogens with one attached hydrogen (secondary N) is 1. The van der Waals surface area contributed by atoms with Crippen LogP contribution in [0.3, 0.4) is 0 Å². The van der Waals surface area contributed by atoms with Crippen molar-refractivity contribution in [2.75, 3.05) is 30.0 Å². The zero-order valence-corrected chi connectivity index (χ0v) is 15.2. The van der Waals surface area contributed by atoms with E-state index in [0.29, 0.717) is 19.6 Å². The first kappa shape index (κ1) is 17.7. The SMILES string of the molecule is Cc1cccc(OCCSCCOc2ccc3c(c2)CCC(=O)N3)c1. The van der Waals surface area contributed by atoms with Crippen molar-refractivity contribution in [3.05, 3.63) is 53.6 Å². The first-order chi connectivity index (χ1) is 12.2. The molecule has 2 aromatic rings. The highest BCUT2D eigenvalue weighted by molar-refractivity contribution is 7.99. The Balaban J connectivity index is 1.32. The van der Waals surface area contributed by atoms with Crippen LogP contribution < -0.4 is 14.8 Å². The lowest BCUT2D eigenvalue weighted by Crippen LogP contribution is -2.18. The lowest BCUT2D eigenvalue weighted by molar-refractivity contribution is -0.116. The second-order valence-corrected chi connectivity index (χ2v) is 7.22. The van der Waals surface area contributed by atoms with Gasteiger partial charge in [0.2, 0.25) is 5.91 Å². The monoisotopic (exact) mass is 357 g/mol. The first-order valence-corrected chi connectivity index (χ1v) is 9.69. The molecule has 1 amide bonds. The maximum Gasteiger partial charge on any atom is 0.224 e. The Morgan fingerprint density at radius 1 is 1.00 bits per heavy atom. The summed E-state index contributed by atoms with van der Waals surface area (Å²) in [6.45, 7) is 3.43. The molecule has 132 valence electrons. The van der Waals surface area contributed by atoms with Gasteiger partial charge in [0.1, 0.15) is 11.5 Å². The molecule has 1 N–H and O–H groups in total. The third-order valence-corrected chi connectivity index (χ3v) is 4.87. The smallest absolute Gasteiger partial charge is 0.224 e. The molecule has 0 unspecified atom stereocenters. The zero-order chi connectivity index (χ0) is 17.5. The highest BCUT2D eigenvalue weighted by Crippen LogP contribution is 2.26. The molecule has 0 spiro atoms. The van der Waals surface area contributed by atoms with Crippen LogP contribution in [0.15, 0.2) is 42.5 Å². The highest BCUT2D eigenvalue weighted by Gasteiger charge is 2.14. The molecule has 1 aliphatic rings. The fourth-order valence-electron chi connectivity index (χ4n) is 2.69. The summed E-state index contributed by atoms with van der Waals surface area (Å²) in [5.74, 6) is 3.74. The predicted octanol–water partition coefficient (Wildman–Crippen LogP) is 4.07. The van der Waals surface area contributed by atoms with Crippen LogP contribution >= 0.6 is 11.8 Å². The summed E-state index contributed by atoms with van der Waals surface area (Å²) in [5.41, 5.74) is 3.27. The van der Waals surface area contributed by atoms with Crippen LogP contribution in [0, 0.1) is 6.92 Å². The van der Waals surface area contributed by atoms with Crippen LogP contribution in [0.25, 0.3) is 0 Å². The van der Waals surface area contributed by atoms with Gasteiger partial charge in [0.05, 0.1) is 13.2 Å². The fraction of sp³-hybridized carbons (Fsp3) is 0.350. The van der Waals surface area contributed by atoms with Crippen LogP contribution in [0.4, 0.5) is 5.69 Å². The molecule has 0 saturated heterocycles. The molecule has 0 aliphatic carbocycles. The quantitative estimate of drug-likeness (QED) is 0.724. The molecule has 0 aromatic heterocycles. The van der Waals surface area contributed by atoms with E-state index < -0.39 is 0 Å². The molecule has 3 rings (SSSR count). The van der Waals surface area contributed by atoms with Gasteiger partial charge >= 0.3 is 0 Å². The van der Waals surface area contributed by atoms with E-state index in [4.69, 9.17) is 9.47 Å². The number of carbonyl (C=O) groups is 1. The Bertz CT molecular complexity index is 733. The van der Waals surface area contributed by atoms with Gasteiger partial charge in [-0.25, -0.2) is 0 Å². The van der Waals surface area contributed by atoms with Crippen molar-refractivity contribution in [2.24, 2.45) is 0 Å². The van der Waals surface area contributed by atoms with Crippen molar-refractivity contribution < 1.29 is 14.3 Å². The average Bonchev–Trinajstić information content (AvgIpc) is 2.61. The Kier molecular flexibility index (Phi) is 6.23. The molecule has 0 saturated carbocycles. The number of anilines is 1. The van der Waals surface area contributed by atoms with E-state index >= 15 is 0 Å². The van der Waals surface area contributed by atoms with Crippen molar-refractivity contribution >= 4 is 23.4 Å². The van der Waals surface area contributed by atoms with E-state index in [2.05, 4.69) is 18.3 Å². The number of benzene rings is 2. The van der Waals surface area contributed by atoms with E-state index in [0.717, 1.165) is 40.7 Å². The number of fused-ring (bicyclic) bond motifs is 1. The Morgan fingerprint density at radius 2 is 1.76 bits per heavy atom. The van der Waals surface area contributed by atoms with Crippen LogP contribution in [0.1, 0.15) is 17.5 Å². The maximum absolute atomic E-state index is 11.4. The topological polar surface area (TPSA) is 47.6 Å². The van der Waals surface area contributed by atoms with Gasteiger partial charge in [-0.05, 0) is 54.8 Å². The molecule has 1 heterocycles. The van der Waals surface area contributed by atoms with Crippen molar-refractivity contribution in [3.8, 4) is 11.5 Å². The minimum absolute atomic E-state index is 0.0884. The third-order valence-electron chi connectivity index (χ3n) is 3.95. The molecule has 0 bridgehead atoms. The number of amides is 1. The van der Waals surface area contributed by atoms with Crippen molar-refractivity contribution in [2.45, 2.75) is 19.8 Å². The van der Waals surface area contributed by atoms with E-state index in [1.165, 1.54) is 5.56 Å². The van der Waals surface area contributed by atoms with Crippen LogP contribution in [-0.2, 0) is 11.2 Å². The summed E-state index contributed by atoms with van der Waals surface area (Å²) in [6.07, 6.45) is 1.33. The maximum atomic E-state index is 11.4. The number of hydrogen-bond acceptors (Lipinski definition) is 4. The zero-order valence-electron chi connectivity index (χ0n) is 14.4.